The second-order valence-electron chi connectivity index (χ2n) is 6.30. The minimum Gasteiger partial charge on any atom is -0.338 e. The van der Waals surface area contributed by atoms with Crippen molar-refractivity contribution in [3.63, 3.8) is 0 Å². The molecule has 2 aromatic carbocycles. The number of hydrogen-bond donors (Lipinski definition) is 2. The van der Waals surface area contributed by atoms with Gasteiger partial charge in [-0.15, -0.1) is 0 Å². The van der Waals surface area contributed by atoms with Crippen LogP contribution in [0.5, 0.6) is 0 Å². The van der Waals surface area contributed by atoms with Gasteiger partial charge >= 0.3 is 6.03 Å². The lowest BCUT2D eigenvalue weighted by atomic mass is 9.97. The molecule has 0 radical (unpaired) electrons. The standard InChI is InChI=1S/C21H27N3O2/c1-3-4-15-22-21(26)23-19(25)16-24(2)20(17-11-7-5-8-12-17)18-13-9-6-10-14-18/h5-14,20H,3-4,15-16H2,1-2H3,(H2,22,23,25,26). The summed E-state index contributed by atoms with van der Waals surface area (Å²) in [5.41, 5.74) is 2.20. The van der Waals surface area contributed by atoms with E-state index in [2.05, 4.69) is 10.6 Å². The SMILES string of the molecule is CCCCNC(=O)NC(=O)CN(C)C(c1ccccc1)c1ccccc1. The van der Waals surface area contributed by atoms with Gasteiger partial charge in [-0.3, -0.25) is 15.0 Å². The van der Waals surface area contributed by atoms with Gasteiger partial charge in [0.1, 0.15) is 0 Å². The molecule has 0 aliphatic heterocycles. The van der Waals surface area contributed by atoms with Crippen LogP contribution in [0.3, 0.4) is 0 Å². The molecule has 0 saturated carbocycles. The topological polar surface area (TPSA) is 61.4 Å². The highest BCUT2D eigenvalue weighted by Crippen LogP contribution is 2.27. The molecule has 2 aromatic rings. The Morgan fingerprint density at radius 3 is 2.00 bits per heavy atom. The highest BCUT2D eigenvalue weighted by molar-refractivity contribution is 5.95. The number of imide groups is 1. The molecule has 26 heavy (non-hydrogen) atoms. The highest BCUT2D eigenvalue weighted by Gasteiger charge is 2.21. The lowest BCUT2D eigenvalue weighted by molar-refractivity contribution is -0.121. The van der Waals surface area contributed by atoms with Gasteiger partial charge in [0, 0.05) is 6.54 Å². The number of likely N-dealkylation sites (N-methyl/N-ethyl adjacent to an activating group) is 1. The van der Waals surface area contributed by atoms with Crippen LogP contribution in [0, 0.1) is 0 Å². The molecule has 0 bridgehead atoms. The minimum atomic E-state index is -0.437. The zero-order valence-electron chi connectivity index (χ0n) is 15.4. The van der Waals surface area contributed by atoms with Crippen molar-refractivity contribution >= 4 is 11.9 Å². The maximum atomic E-state index is 12.3. The summed E-state index contributed by atoms with van der Waals surface area (Å²) in [6.45, 7) is 2.74. The normalized spacial score (nSPS) is 10.8. The zero-order valence-corrected chi connectivity index (χ0v) is 15.4. The molecule has 0 unspecified atom stereocenters. The summed E-state index contributed by atoms with van der Waals surface area (Å²) in [6.07, 6.45) is 1.89. The summed E-state index contributed by atoms with van der Waals surface area (Å²) in [7, 11) is 1.89. The van der Waals surface area contributed by atoms with Crippen LogP contribution in [0.4, 0.5) is 4.79 Å². The fourth-order valence-corrected chi connectivity index (χ4v) is 2.88. The van der Waals surface area contributed by atoms with E-state index in [1.54, 1.807) is 0 Å². The fraction of sp³-hybridized carbons (Fsp3) is 0.333. The number of urea groups is 1. The quantitative estimate of drug-likeness (QED) is 0.716. The number of hydrogen-bond acceptors (Lipinski definition) is 3. The van der Waals surface area contributed by atoms with E-state index in [0.29, 0.717) is 6.54 Å². The summed E-state index contributed by atoms with van der Waals surface area (Å²) >= 11 is 0. The van der Waals surface area contributed by atoms with Crippen LogP contribution in [-0.2, 0) is 4.79 Å². The molecule has 5 nitrogen and oxygen atoms in total. The number of nitrogens with one attached hydrogen (secondary N) is 2. The summed E-state index contributed by atoms with van der Waals surface area (Å²) < 4.78 is 0. The molecule has 0 aromatic heterocycles. The molecular weight excluding hydrogens is 326 g/mol. The van der Waals surface area contributed by atoms with Gasteiger partial charge in [0.2, 0.25) is 5.91 Å². The van der Waals surface area contributed by atoms with Crippen molar-refractivity contribution in [2.45, 2.75) is 25.8 Å². The van der Waals surface area contributed by atoms with Crippen molar-refractivity contribution in [2.75, 3.05) is 20.1 Å². The van der Waals surface area contributed by atoms with E-state index in [0.717, 1.165) is 24.0 Å². The molecule has 0 fully saturated rings. The molecule has 3 amide bonds. The van der Waals surface area contributed by atoms with Crippen LogP contribution in [0.1, 0.15) is 36.9 Å². The Morgan fingerprint density at radius 2 is 1.50 bits per heavy atom. The van der Waals surface area contributed by atoms with E-state index < -0.39 is 6.03 Å². The number of nitrogens with zero attached hydrogens (tertiary/aromatic N) is 1. The van der Waals surface area contributed by atoms with E-state index >= 15 is 0 Å². The largest absolute Gasteiger partial charge is 0.338 e. The van der Waals surface area contributed by atoms with Gasteiger partial charge in [0.25, 0.3) is 0 Å². The van der Waals surface area contributed by atoms with Crippen LogP contribution in [0.2, 0.25) is 0 Å². The maximum Gasteiger partial charge on any atom is 0.321 e. The van der Waals surface area contributed by atoms with E-state index in [1.165, 1.54) is 0 Å². The first-order valence-electron chi connectivity index (χ1n) is 8.99. The zero-order chi connectivity index (χ0) is 18.8. The second-order valence-corrected chi connectivity index (χ2v) is 6.30. The van der Waals surface area contributed by atoms with Crippen LogP contribution >= 0.6 is 0 Å². The van der Waals surface area contributed by atoms with Crippen LogP contribution in [0.25, 0.3) is 0 Å². The predicted octanol–water partition coefficient (Wildman–Crippen LogP) is 3.33. The van der Waals surface area contributed by atoms with Crippen molar-refractivity contribution in [3.05, 3.63) is 71.8 Å². The lowest BCUT2D eigenvalue weighted by Crippen LogP contribution is -2.44. The Kier molecular flexibility index (Phi) is 7.83. The monoisotopic (exact) mass is 353 g/mol. The van der Waals surface area contributed by atoms with Crippen molar-refractivity contribution in [1.82, 2.24) is 15.5 Å². The molecule has 0 spiro atoms. The van der Waals surface area contributed by atoms with E-state index in [4.69, 9.17) is 0 Å². The third kappa shape index (κ3) is 6.01. The van der Waals surface area contributed by atoms with Crippen LogP contribution in [0.15, 0.2) is 60.7 Å². The molecule has 0 aliphatic carbocycles. The summed E-state index contributed by atoms with van der Waals surface area (Å²) in [6, 6.07) is 19.6. The molecule has 5 heteroatoms. The molecule has 0 saturated heterocycles. The first-order valence-corrected chi connectivity index (χ1v) is 8.99. The Balaban J connectivity index is 2.04. The Hall–Kier alpha value is -2.66. The summed E-state index contributed by atoms with van der Waals surface area (Å²) in [4.78, 5) is 26.0. The fourth-order valence-electron chi connectivity index (χ4n) is 2.88. The lowest BCUT2D eigenvalue weighted by Gasteiger charge is -2.28. The molecule has 2 rings (SSSR count). The molecule has 0 heterocycles. The van der Waals surface area contributed by atoms with E-state index in [9.17, 15) is 9.59 Å². The molecular formula is C21H27N3O2. The van der Waals surface area contributed by atoms with Crippen molar-refractivity contribution < 1.29 is 9.59 Å². The molecule has 138 valence electrons. The Morgan fingerprint density at radius 1 is 0.962 bits per heavy atom. The van der Waals surface area contributed by atoms with Crippen molar-refractivity contribution in [1.29, 1.82) is 0 Å². The third-order valence-corrected chi connectivity index (χ3v) is 4.13. The van der Waals surface area contributed by atoms with Gasteiger partial charge in [0.05, 0.1) is 12.6 Å². The average Bonchev–Trinajstić information content (AvgIpc) is 2.63. The smallest absolute Gasteiger partial charge is 0.321 e. The van der Waals surface area contributed by atoms with E-state index in [1.807, 2.05) is 79.5 Å². The number of unbranched alkanes of at least 4 members (excludes halogenated alkanes) is 1. The first kappa shape index (κ1) is 19.7. The molecule has 0 aliphatic rings. The van der Waals surface area contributed by atoms with Gasteiger partial charge < -0.3 is 5.32 Å². The number of carbonyl (C=O) groups is 2. The van der Waals surface area contributed by atoms with Crippen molar-refractivity contribution in [2.24, 2.45) is 0 Å². The average molecular weight is 353 g/mol. The minimum absolute atomic E-state index is 0.0636. The Bertz CT molecular complexity index is 649. The van der Waals surface area contributed by atoms with Gasteiger partial charge in [0.15, 0.2) is 0 Å². The number of carbonyl (C=O) groups excluding carboxylic acids is 2. The van der Waals surface area contributed by atoms with Gasteiger partial charge in [-0.25, -0.2) is 4.79 Å². The molecule has 2 N–H and O–H groups in total. The third-order valence-electron chi connectivity index (χ3n) is 4.13. The summed E-state index contributed by atoms with van der Waals surface area (Å²) in [5.74, 6) is -0.321. The number of rotatable bonds is 8. The number of benzene rings is 2. The van der Waals surface area contributed by atoms with E-state index in [-0.39, 0.29) is 18.5 Å². The van der Waals surface area contributed by atoms with Crippen LogP contribution < -0.4 is 10.6 Å². The maximum absolute atomic E-state index is 12.3. The highest BCUT2D eigenvalue weighted by atomic mass is 16.2. The Labute approximate surface area is 155 Å². The predicted molar refractivity (Wildman–Crippen MR) is 104 cm³/mol. The van der Waals surface area contributed by atoms with Gasteiger partial charge in [-0.2, -0.15) is 0 Å². The van der Waals surface area contributed by atoms with Gasteiger partial charge in [-0.1, -0.05) is 74.0 Å². The second kappa shape index (κ2) is 10.4. The van der Waals surface area contributed by atoms with Crippen LogP contribution in [-0.4, -0.2) is 37.0 Å². The van der Waals surface area contributed by atoms with Crippen molar-refractivity contribution in [3.8, 4) is 0 Å². The summed E-state index contributed by atoms with van der Waals surface area (Å²) in [5, 5.41) is 5.09. The first-order chi connectivity index (χ1) is 12.6. The van der Waals surface area contributed by atoms with Gasteiger partial charge in [-0.05, 0) is 24.6 Å². The molecule has 0 atom stereocenters. The number of amides is 3.